The van der Waals surface area contributed by atoms with Gasteiger partial charge in [0.2, 0.25) is 5.91 Å². The van der Waals surface area contributed by atoms with Gasteiger partial charge in [-0.2, -0.15) is 0 Å². The first-order chi connectivity index (χ1) is 17.6. The fourth-order valence-electron chi connectivity index (χ4n) is 4.82. The van der Waals surface area contributed by atoms with Crippen molar-refractivity contribution in [2.75, 3.05) is 19.8 Å². The lowest BCUT2D eigenvalue weighted by atomic mass is 9.92. The molecule has 0 radical (unpaired) electrons. The van der Waals surface area contributed by atoms with E-state index < -0.39 is 30.6 Å². The van der Waals surface area contributed by atoms with Crippen molar-refractivity contribution in [3.8, 4) is 11.1 Å². The first kappa shape index (κ1) is 30.2. The molecular weight excluding hydrogens is 557 g/mol. The third-order valence-electron chi connectivity index (χ3n) is 6.72. The van der Waals surface area contributed by atoms with Crippen LogP contribution in [0.2, 0.25) is 10.0 Å². The Morgan fingerprint density at radius 3 is 2.49 bits per heavy atom. The number of rotatable bonds is 12. The van der Waals surface area contributed by atoms with Crippen molar-refractivity contribution in [1.29, 1.82) is 0 Å². The summed E-state index contributed by atoms with van der Waals surface area (Å²) in [6.07, 6.45) is 6.60. The number of ether oxygens (including phenoxy) is 1. The fraction of sp³-hybridized carbons (Fsp3) is 0.556. The van der Waals surface area contributed by atoms with E-state index in [-0.39, 0.29) is 12.0 Å². The molecule has 2 aromatic rings. The molecule has 0 saturated heterocycles. The number of aryl methyl sites for hydroxylation is 2. The number of alkyl halides is 1. The molecule has 1 aliphatic carbocycles. The van der Waals surface area contributed by atoms with Gasteiger partial charge in [0, 0.05) is 27.8 Å². The zero-order chi connectivity index (χ0) is 27.2. The molecule has 0 bridgehead atoms. The predicted octanol–water partition coefficient (Wildman–Crippen LogP) is 6.03. The first-order valence-electron chi connectivity index (χ1n) is 12.5. The summed E-state index contributed by atoms with van der Waals surface area (Å²) in [5.41, 5.74) is 1.34. The van der Waals surface area contributed by atoms with Gasteiger partial charge >= 0.3 is 5.97 Å². The number of carbonyl (C=O) groups is 2. The van der Waals surface area contributed by atoms with E-state index in [0.29, 0.717) is 20.8 Å². The number of aliphatic hydroxyl groups excluding tert-OH is 2. The van der Waals surface area contributed by atoms with Gasteiger partial charge in [-0.3, -0.25) is 4.79 Å². The summed E-state index contributed by atoms with van der Waals surface area (Å²) in [6, 6.07) is 5.46. The van der Waals surface area contributed by atoms with Crippen molar-refractivity contribution in [2.24, 2.45) is 5.92 Å². The summed E-state index contributed by atoms with van der Waals surface area (Å²) in [4.78, 5) is 25.9. The summed E-state index contributed by atoms with van der Waals surface area (Å²) in [7, 11) is 0. The van der Waals surface area contributed by atoms with Crippen LogP contribution in [0, 0.1) is 5.92 Å². The maximum atomic E-state index is 13.0. The number of esters is 1. The highest BCUT2D eigenvalue weighted by molar-refractivity contribution is 7.14. The van der Waals surface area contributed by atoms with Gasteiger partial charge in [0.05, 0.1) is 18.2 Å². The summed E-state index contributed by atoms with van der Waals surface area (Å²) >= 11 is 20.8. The minimum atomic E-state index is -1.46. The van der Waals surface area contributed by atoms with Crippen molar-refractivity contribution in [1.82, 2.24) is 5.32 Å². The molecule has 1 fully saturated rings. The lowest BCUT2D eigenvalue weighted by Gasteiger charge is -2.29. The van der Waals surface area contributed by atoms with Crippen LogP contribution in [-0.4, -0.2) is 52.8 Å². The van der Waals surface area contributed by atoms with Gasteiger partial charge in [0.15, 0.2) is 0 Å². The Morgan fingerprint density at radius 2 is 1.89 bits per heavy atom. The molecule has 6 nitrogen and oxygen atoms in total. The number of hydrogen-bond donors (Lipinski definition) is 3. The van der Waals surface area contributed by atoms with Crippen LogP contribution in [0.5, 0.6) is 0 Å². The summed E-state index contributed by atoms with van der Waals surface area (Å²) in [5.74, 6) is -0.485. The number of nitrogens with one attached hydrogen (secondary N) is 1. The topological polar surface area (TPSA) is 95.9 Å². The largest absolute Gasteiger partial charge is 0.459 e. The highest BCUT2D eigenvalue weighted by Crippen LogP contribution is 2.42. The number of amides is 1. The molecule has 1 saturated carbocycles. The quantitative estimate of drug-likeness (QED) is 0.207. The maximum absolute atomic E-state index is 13.0. The van der Waals surface area contributed by atoms with Gasteiger partial charge in [-0.25, -0.2) is 4.79 Å². The minimum Gasteiger partial charge on any atom is -0.459 e. The van der Waals surface area contributed by atoms with Crippen molar-refractivity contribution >= 4 is 58.0 Å². The standard InChI is InChI=1S/C27H34Cl3NO5S/c1-3-4-23-21(12-24(37-23)26(35)36-15-27(13-32,14-33)31-16(2)34)25-18(10-20(29)11-22(25)30)7-5-17-6-8-19(28)9-17/h10-12,17,19,32-33H,3-9,13-15H2,1-2H3,(H,31,34). The molecule has 1 amide bonds. The predicted molar refractivity (Wildman–Crippen MR) is 150 cm³/mol. The molecule has 1 aromatic heterocycles. The second-order valence-electron chi connectivity index (χ2n) is 9.79. The van der Waals surface area contributed by atoms with E-state index in [1.54, 1.807) is 12.1 Å². The van der Waals surface area contributed by atoms with Crippen molar-refractivity contribution in [2.45, 2.75) is 69.7 Å². The third kappa shape index (κ3) is 7.84. The van der Waals surface area contributed by atoms with E-state index in [1.807, 2.05) is 6.07 Å². The number of benzene rings is 1. The monoisotopic (exact) mass is 589 g/mol. The van der Waals surface area contributed by atoms with Gasteiger partial charge < -0.3 is 20.3 Å². The number of halogens is 3. The highest BCUT2D eigenvalue weighted by Gasteiger charge is 2.32. The number of thiophene rings is 1. The Hall–Kier alpha value is -1.35. The van der Waals surface area contributed by atoms with Crippen LogP contribution in [0.15, 0.2) is 18.2 Å². The molecule has 0 aliphatic heterocycles. The number of carbonyl (C=O) groups excluding carboxylic acids is 2. The zero-order valence-corrected chi connectivity index (χ0v) is 24.2. The average molecular weight is 591 g/mol. The fourth-order valence-corrected chi connectivity index (χ4v) is 7.00. The Bertz CT molecular complexity index is 1100. The second-order valence-corrected chi connectivity index (χ2v) is 12.4. The molecule has 204 valence electrons. The Morgan fingerprint density at radius 1 is 1.16 bits per heavy atom. The van der Waals surface area contributed by atoms with E-state index in [0.717, 1.165) is 66.5 Å². The van der Waals surface area contributed by atoms with Gasteiger partial charge in [0.1, 0.15) is 17.0 Å². The molecule has 1 aromatic carbocycles. The molecule has 2 unspecified atom stereocenters. The maximum Gasteiger partial charge on any atom is 0.348 e. The molecule has 37 heavy (non-hydrogen) atoms. The van der Waals surface area contributed by atoms with Gasteiger partial charge in [0.25, 0.3) is 0 Å². The molecular formula is C27H34Cl3NO5S. The normalized spacial score (nSPS) is 17.7. The van der Waals surface area contributed by atoms with Crippen LogP contribution in [0.3, 0.4) is 0 Å². The molecule has 3 rings (SSSR count). The highest BCUT2D eigenvalue weighted by atomic mass is 35.5. The van der Waals surface area contributed by atoms with Gasteiger partial charge in [-0.15, -0.1) is 22.9 Å². The van der Waals surface area contributed by atoms with Crippen LogP contribution >= 0.6 is 46.1 Å². The molecule has 1 heterocycles. The van der Waals surface area contributed by atoms with Gasteiger partial charge in [-0.1, -0.05) is 36.5 Å². The molecule has 1 aliphatic rings. The zero-order valence-electron chi connectivity index (χ0n) is 21.1. The first-order valence-corrected chi connectivity index (χ1v) is 14.5. The SMILES string of the molecule is CCCc1sc(C(=O)OCC(CO)(CO)NC(C)=O)cc1-c1c(Cl)cc(Cl)cc1CCC1CCC(Cl)C1. The molecule has 2 atom stereocenters. The van der Waals surface area contributed by atoms with Crippen LogP contribution in [0.25, 0.3) is 11.1 Å². The van der Waals surface area contributed by atoms with Crippen LogP contribution < -0.4 is 5.32 Å². The van der Waals surface area contributed by atoms with E-state index in [9.17, 15) is 19.8 Å². The average Bonchev–Trinajstić information content (AvgIpc) is 3.46. The minimum absolute atomic E-state index is 0.245. The molecule has 0 spiro atoms. The van der Waals surface area contributed by atoms with Crippen LogP contribution in [0.4, 0.5) is 0 Å². The van der Waals surface area contributed by atoms with Crippen molar-refractivity contribution in [3.05, 3.63) is 43.6 Å². The number of hydrogen-bond acceptors (Lipinski definition) is 6. The summed E-state index contributed by atoms with van der Waals surface area (Å²) in [6.45, 7) is 1.80. The molecule has 10 heteroatoms. The lowest BCUT2D eigenvalue weighted by Crippen LogP contribution is -2.57. The smallest absolute Gasteiger partial charge is 0.348 e. The Labute approximate surface area is 237 Å². The van der Waals surface area contributed by atoms with E-state index in [4.69, 9.17) is 39.5 Å². The van der Waals surface area contributed by atoms with E-state index in [1.165, 1.54) is 18.3 Å². The second kappa shape index (κ2) is 13.6. The van der Waals surface area contributed by atoms with Crippen molar-refractivity contribution in [3.63, 3.8) is 0 Å². The summed E-state index contributed by atoms with van der Waals surface area (Å²) < 4.78 is 5.43. The van der Waals surface area contributed by atoms with E-state index >= 15 is 0 Å². The van der Waals surface area contributed by atoms with E-state index in [2.05, 4.69) is 12.2 Å². The Balaban J connectivity index is 1.89. The summed E-state index contributed by atoms with van der Waals surface area (Å²) in [5, 5.41) is 23.2. The van der Waals surface area contributed by atoms with Crippen LogP contribution in [0.1, 0.15) is 66.1 Å². The van der Waals surface area contributed by atoms with Crippen molar-refractivity contribution < 1.29 is 24.5 Å². The Kier molecular flexibility index (Phi) is 11.1. The molecule has 3 N–H and O–H groups in total. The van der Waals surface area contributed by atoms with Crippen LogP contribution in [-0.2, 0) is 22.4 Å². The number of aliphatic hydroxyl groups is 2. The third-order valence-corrected chi connectivity index (χ3v) is 8.81. The lowest BCUT2D eigenvalue weighted by molar-refractivity contribution is -0.123. The van der Waals surface area contributed by atoms with Gasteiger partial charge in [-0.05, 0) is 73.8 Å².